The molecule has 6 nitrogen and oxygen atoms in total. The molecule has 0 saturated carbocycles. The van der Waals surface area contributed by atoms with Crippen LogP contribution in [-0.2, 0) is 29.4 Å². The summed E-state index contributed by atoms with van der Waals surface area (Å²) in [6.45, 7) is 1.70. The second-order valence-corrected chi connectivity index (χ2v) is 7.11. The number of benzene rings is 1. The fourth-order valence-electron chi connectivity index (χ4n) is 3.14. The van der Waals surface area contributed by atoms with Crippen molar-refractivity contribution >= 4 is 11.9 Å². The van der Waals surface area contributed by atoms with Crippen LogP contribution in [0.25, 0.3) is 0 Å². The Balaban J connectivity index is 2.39. The normalized spacial score (nSPS) is 25.6. The summed E-state index contributed by atoms with van der Waals surface area (Å²) in [6.07, 6.45) is -1.72. The largest absolute Gasteiger partial charge is 0.462 e. The molecule has 3 atom stereocenters. The number of aliphatic hydroxyl groups excluding tert-OH is 1. The second kappa shape index (κ2) is 10.6. The maximum absolute atomic E-state index is 14.0. The molecule has 1 aliphatic heterocycles. The Kier molecular flexibility index (Phi) is 8.41. The van der Waals surface area contributed by atoms with E-state index in [0.29, 0.717) is 19.3 Å². The average molecular weight is 442 g/mol. The Bertz CT molecular complexity index is 818. The number of carbonyl (C=O) groups is 2. The summed E-state index contributed by atoms with van der Waals surface area (Å²) in [5.74, 6) is -2.68. The molecular weight excluding hydrogens is 417 g/mol. The van der Waals surface area contributed by atoms with Gasteiger partial charge in [0.1, 0.15) is 5.76 Å². The summed E-state index contributed by atoms with van der Waals surface area (Å²) in [5, 5.41) is 10.0. The number of alkyl halides is 3. The lowest BCUT2D eigenvalue weighted by Gasteiger charge is -2.32. The average Bonchev–Trinajstić information content (AvgIpc) is 2.70. The van der Waals surface area contributed by atoms with Crippen molar-refractivity contribution in [2.75, 3.05) is 7.11 Å². The summed E-state index contributed by atoms with van der Waals surface area (Å²) in [4.78, 5) is 24.7. The highest BCUT2D eigenvalue weighted by molar-refractivity contribution is 5.84. The van der Waals surface area contributed by atoms with Crippen molar-refractivity contribution < 1.29 is 42.1 Å². The van der Waals surface area contributed by atoms with Crippen LogP contribution in [0.2, 0.25) is 0 Å². The zero-order chi connectivity index (χ0) is 23.1. The summed E-state index contributed by atoms with van der Waals surface area (Å²) in [6, 6.07) is 6.38. The molecule has 0 unspecified atom stereocenters. The molecule has 1 aromatic rings. The van der Waals surface area contributed by atoms with Crippen LogP contribution in [0.1, 0.15) is 38.2 Å². The first-order valence-corrected chi connectivity index (χ1v) is 9.75. The van der Waals surface area contributed by atoms with Crippen LogP contribution in [0.4, 0.5) is 13.2 Å². The fraction of sp³-hybridized carbons (Fsp3) is 0.455. The quantitative estimate of drug-likeness (QED) is 0.712. The summed E-state index contributed by atoms with van der Waals surface area (Å²) < 4.78 is 57.0. The van der Waals surface area contributed by atoms with E-state index in [2.05, 4.69) is 0 Å². The number of esters is 2. The van der Waals surface area contributed by atoms with E-state index in [1.807, 2.05) is 0 Å². The minimum absolute atomic E-state index is 0.329. The van der Waals surface area contributed by atoms with E-state index < -0.39 is 35.4 Å². The zero-order valence-corrected chi connectivity index (χ0v) is 17.2. The first kappa shape index (κ1) is 24.6. The maximum atomic E-state index is 14.0. The Morgan fingerprint density at radius 3 is 2.48 bits per heavy atom. The van der Waals surface area contributed by atoms with Crippen LogP contribution < -0.4 is 0 Å². The molecular formula is C22H25F3O6. The van der Waals surface area contributed by atoms with Gasteiger partial charge in [0, 0.05) is 12.7 Å². The third kappa shape index (κ3) is 6.18. The number of carbonyl (C=O) groups excluding carboxylic acids is 2. The number of rotatable bonds is 4. The maximum Gasteiger partial charge on any atom is 0.432 e. The number of hydrogen-bond donors (Lipinski definition) is 1. The molecule has 1 aliphatic rings. The Labute approximate surface area is 178 Å². The molecule has 9 heteroatoms. The first-order chi connectivity index (χ1) is 14.6. The minimum Gasteiger partial charge on any atom is -0.462 e. The lowest BCUT2D eigenvalue weighted by atomic mass is 9.92. The summed E-state index contributed by atoms with van der Waals surface area (Å²) in [5.41, 5.74) is -3.83. The zero-order valence-electron chi connectivity index (χ0n) is 17.2. The smallest absolute Gasteiger partial charge is 0.432 e. The molecule has 0 bridgehead atoms. The second-order valence-electron chi connectivity index (χ2n) is 7.11. The van der Waals surface area contributed by atoms with Crippen molar-refractivity contribution in [1.29, 1.82) is 0 Å². The van der Waals surface area contributed by atoms with Crippen LogP contribution >= 0.6 is 0 Å². The van der Waals surface area contributed by atoms with E-state index in [-0.39, 0.29) is 18.3 Å². The van der Waals surface area contributed by atoms with Crippen molar-refractivity contribution in [3.63, 3.8) is 0 Å². The monoisotopic (exact) mass is 442 g/mol. The third-order valence-corrected chi connectivity index (χ3v) is 4.78. The lowest BCUT2D eigenvalue weighted by molar-refractivity contribution is -0.274. The van der Waals surface area contributed by atoms with E-state index in [1.54, 1.807) is 6.92 Å². The van der Waals surface area contributed by atoms with Gasteiger partial charge in [-0.05, 0) is 38.3 Å². The molecule has 1 N–H and O–H groups in total. The van der Waals surface area contributed by atoms with Gasteiger partial charge in [0.05, 0.1) is 18.6 Å². The molecule has 1 heterocycles. The highest BCUT2D eigenvalue weighted by Gasteiger charge is 2.64. The van der Waals surface area contributed by atoms with Gasteiger partial charge in [-0.1, -0.05) is 36.4 Å². The number of ether oxygens (including phenoxy) is 3. The number of halogens is 3. The Morgan fingerprint density at radius 2 is 1.87 bits per heavy atom. The SMILES string of the molecule is CO[C@@](C(=O)OC1=C\CC(=O)O[C@@H](C)CCC[C@@H](O)/C=C\1)(c1ccccc1)C(F)(F)F. The van der Waals surface area contributed by atoms with Gasteiger partial charge in [-0.15, -0.1) is 0 Å². The standard InChI is InChI=1S/C22H25F3O6/c1-15-7-6-10-17(26)11-12-18(13-14-19(27)30-15)31-20(28)21(29-2,22(23,24)25)16-8-4-3-5-9-16/h3-5,8-9,11-13,15,17,26H,6-7,10,14H2,1-2H3/b12-11-,18-13-/t15-,17+,21+/m0/s1. The molecule has 0 aliphatic carbocycles. The predicted molar refractivity (Wildman–Crippen MR) is 105 cm³/mol. The van der Waals surface area contributed by atoms with E-state index in [9.17, 15) is 27.9 Å². The molecule has 0 amide bonds. The van der Waals surface area contributed by atoms with Gasteiger partial charge < -0.3 is 19.3 Å². The van der Waals surface area contributed by atoms with Crippen molar-refractivity contribution in [1.82, 2.24) is 0 Å². The topological polar surface area (TPSA) is 82.1 Å². The number of hydrogen-bond acceptors (Lipinski definition) is 6. The third-order valence-electron chi connectivity index (χ3n) is 4.78. The highest BCUT2D eigenvalue weighted by atomic mass is 19.4. The summed E-state index contributed by atoms with van der Waals surface area (Å²) in [7, 11) is 0.759. The molecule has 0 saturated heterocycles. The van der Waals surface area contributed by atoms with Gasteiger partial charge in [0.2, 0.25) is 0 Å². The lowest BCUT2D eigenvalue weighted by Crippen LogP contribution is -2.51. The van der Waals surface area contributed by atoms with E-state index in [1.165, 1.54) is 24.3 Å². The van der Waals surface area contributed by atoms with Crippen molar-refractivity contribution in [2.45, 2.75) is 56.6 Å². The van der Waals surface area contributed by atoms with Crippen molar-refractivity contribution in [2.24, 2.45) is 0 Å². The number of methoxy groups -OCH3 is 1. The van der Waals surface area contributed by atoms with Crippen LogP contribution in [0.15, 0.2) is 54.3 Å². The van der Waals surface area contributed by atoms with Gasteiger partial charge in [-0.25, -0.2) is 4.79 Å². The van der Waals surface area contributed by atoms with Crippen LogP contribution in [0.3, 0.4) is 0 Å². The van der Waals surface area contributed by atoms with E-state index in [4.69, 9.17) is 14.2 Å². The van der Waals surface area contributed by atoms with Gasteiger partial charge in [0.25, 0.3) is 5.60 Å². The van der Waals surface area contributed by atoms with Crippen LogP contribution in [0, 0.1) is 0 Å². The van der Waals surface area contributed by atoms with Crippen LogP contribution in [-0.4, -0.2) is 42.5 Å². The highest BCUT2D eigenvalue weighted by Crippen LogP contribution is 2.43. The minimum atomic E-state index is -5.14. The molecule has 0 spiro atoms. The molecule has 170 valence electrons. The molecule has 1 aromatic carbocycles. The molecule has 31 heavy (non-hydrogen) atoms. The van der Waals surface area contributed by atoms with Gasteiger partial charge in [0.15, 0.2) is 0 Å². The number of cyclic esters (lactones) is 1. The fourth-order valence-corrected chi connectivity index (χ4v) is 3.14. The summed E-state index contributed by atoms with van der Waals surface area (Å²) >= 11 is 0. The van der Waals surface area contributed by atoms with Gasteiger partial charge in [-0.2, -0.15) is 13.2 Å². The Morgan fingerprint density at radius 1 is 1.19 bits per heavy atom. The van der Waals surface area contributed by atoms with Crippen LogP contribution in [0.5, 0.6) is 0 Å². The first-order valence-electron chi connectivity index (χ1n) is 9.75. The number of allylic oxidation sites excluding steroid dienone is 1. The van der Waals surface area contributed by atoms with Gasteiger partial charge in [-0.3, -0.25) is 4.79 Å². The molecule has 0 radical (unpaired) electrons. The van der Waals surface area contributed by atoms with E-state index >= 15 is 0 Å². The van der Waals surface area contributed by atoms with E-state index in [0.717, 1.165) is 31.4 Å². The number of aliphatic hydroxyl groups is 1. The van der Waals surface area contributed by atoms with Crippen molar-refractivity contribution in [3.8, 4) is 0 Å². The molecule has 0 aromatic heterocycles. The molecule has 0 fully saturated rings. The van der Waals surface area contributed by atoms with Crippen molar-refractivity contribution in [3.05, 3.63) is 59.9 Å². The molecule has 2 rings (SSSR count). The van der Waals surface area contributed by atoms with Gasteiger partial charge >= 0.3 is 18.1 Å². The Hall–Kier alpha value is -2.65. The predicted octanol–water partition coefficient (Wildman–Crippen LogP) is 3.94.